The molecule has 4 rings (SSSR count). The molecule has 0 saturated heterocycles. The van der Waals surface area contributed by atoms with Gasteiger partial charge in [-0.3, -0.25) is 15.8 Å². The van der Waals surface area contributed by atoms with E-state index in [4.69, 9.17) is 0 Å². The Morgan fingerprint density at radius 2 is 1.61 bits per heavy atom. The van der Waals surface area contributed by atoms with E-state index in [9.17, 15) is 17.6 Å². The van der Waals surface area contributed by atoms with Gasteiger partial charge in [-0.1, -0.05) is 19.3 Å². The van der Waals surface area contributed by atoms with E-state index in [1.54, 1.807) is 24.5 Å². The fraction of sp³-hybridized carbons (Fsp3) is 0.286. The number of nitrogens with one attached hydrogen (secondary N) is 3. The molecule has 2 aromatic heterocycles. The number of nitrogens with zero attached hydrogens (tertiary/aromatic N) is 3. The molecule has 0 radical (unpaired) electrons. The minimum absolute atomic E-state index is 0.146. The first-order chi connectivity index (χ1) is 15.0. The summed E-state index contributed by atoms with van der Waals surface area (Å²) in [7, 11) is 0. The summed E-state index contributed by atoms with van der Waals surface area (Å²) in [6.45, 7) is 0. The monoisotopic (exact) mass is 432 g/mol. The zero-order chi connectivity index (χ0) is 21.8. The average molecular weight is 432 g/mol. The molecule has 1 aromatic carbocycles. The lowest BCUT2D eigenvalue weighted by Gasteiger charge is -2.23. The van der Waals surface area contributed by atoms with Crippen LogP contribution in [0.2, 0.25) is 0 Å². The lowest BCUT2D eigenvalue weighted by atomic mass is 9.96. The number of hydrogen-bond donors (Lipinski definition) is 3. The Labute approximate surface area is 176 Å². The van der Waals surface area contributed by atoms with Gasteiger partial charge in [-0.25, -0.2) is 22.5 Å². The summed E-state index contributed by atoms with van der Waals surface area (Å²) in [5.41, 5.74) is 4.91. The Morgan fingerprint density at radius 3 is 2.29 bits per heavy atom. The maximum absolute atomic E-state index is 13.9. The maximum atomic E-state index is 13.9. The van der Waals surface area contributed by atoms with Crippen molar-refractivity contribution in [2.75, 3.05) is 16.2 Å². The summed E-state index contributed by atoms with van der Waals surface area (Å²) in [6.07, 6.45) is 8.61. The number of halogens is 4. The predicted molar refractivity (Wildman–Crippen MR) is 109 cm³/mol. The van der Waals surface area contributed by atoms with Crippen LogP contribution in [0.5, 0.6) is 0 Å². The summed E-state index contributed by atoms with van der Waals surface area (Å²) in [6, 6.07) is 5.44. The van der Waals surface area contributed by atoms with Gasteiger partial charge in [0.25, 0.3) is 0 Å². The van der Waals surface area contributed by atoms with Crippen molar-refractivity contribution >= 4 is 17.5 Å². The van der Waals surface area contributed by atoms with Gasteiger partial charge in [-0.05, 0) is 25.0 Å². The molecule has 1 aliphatic carbocycles. The number of benzene rings is 1. The van der Waals surface area contributed by atoms with Crippen LogP contribution in [0.3, 0.4) is 0 Å². The molecule has 1 saturated carbocycles. The van der Waals surface area contributed by atoms with Crippen LogP contribution in [-0.4, -0.2) is 21.0 Å². The van der Waals surface area contributed by atoms with Gasteiger partial charge in [0.1, 0.15) is 5.69 Å². The zero-order valence-corrected chi connectivity index (χ0v) is 16.4. The van der Waals surface area contributed by atoms with Crippen molar-refractivity contribution < 1.29 is 17.6 Å². The lowest BCUT2D eigenvalue weighted by Crippen LogP contribution is -2.24. The quantitative estimate of drug-likeness (QED) is 0.280. The van der Waals surface area contributed by atoms with E-state index in [-0.39, 0.29) is 17.9 Å². The number of rotatable bonds is 6. The number of anilines is 3. The number of hydrogen-bond acceptors (Lipinski definition) is 6. The number of pyridine rings is 1. The van der Waals surface area contributed by atoms with Crippen molar-refractivity contribution in [3.8, 4) is 11.3 Å². The van der Waals surface area contributed by atoms with Crippen LogP contribution in [0.15, 0.2) is 36.7 Å². The number of aromatic nitrogens is 3. The minimum atomic E-state index is -1.55. The molecular weight excluding hydrogens is 412 g/mol. The molecule has 0 amide bonds. The molecule has 3 N–H and O–H groups in total. The van der Waals surface area contributed by atoms with Gasteiger partial charge in [0.15, 0.2) is 29.1 Å². The van der Waals surface area contributed by atoms with Gasteiger partial charge >= 0.3 is 0 Å². The summed E-state index contributed by atoms with van der Waals surface area (Å²) >= 11 is 0. The molecule has 3 aromatic rings. The van der Waals surface area contributed by atoms with Crippen molar-refractivity contribution in [1.82, 2.24) is 15.0 Å². The molecule has 1 aliphatic rings. The van der Waals surface area contributed by atoms with E-state index >= 15 is 0 Å². The molecule has 162 valence electrons. The lowest BCUT2D eigenvalue weighted by molar-refractivity contribution is 0.459. The van der Waals surface area contributed by atoms with Crippen molar-refractivity contribution in [1.29, 1.82) is 0 Å². The van der Waals surface area contributed by atoms with Gasteiger partial charge in [0, 0.05) is 36.1 Å². The second kappa shape index (κ2) is 9.15. The summed E-state index contributed by atoms with van der Waals surface area (Å²) < 4.78 is 54.8. The first-order valence-corrected chi connectivity index (χ1v) is 9.92. The first kappa shape index (κ1) is 20.8. The fourth-order valence-electron chi connectivity index (χ4n) is 3.48. The van der Waals surface area contributed by atoms with Crippen LogP contribution < -0.4 is 16.2 Å². The highest BCUT2D eigenvalue weighted by atomic mass is 19.2. The van der Waals surface area contributed by atoms with Crippen LogP contribution in [0.1, 0.15) is 32.1 Å². The molecule has 10 heteroatoms. The van der Waals surface area contributed by atoms with E-state index in [0.29, 0.717) is 17.2 Å². The molecule has 0 aliphatic heterocycles. The highest BCUT2D eigenvalue weighted by Gasteiger charge is 2.20. The Hall–Kier alpha value is -3.43. The second-order valence-corrected chi connectivity index (χ2v) is 7.28. The van der Waals surface area contributed by atoms with Gasteiger partial charge < -0.3 is 5.32 Å². The summed E-state index contributed by atoms with van der Waals surface area (Å²) in [5.74, 6) is -5.65. The molecule has 0 unspecified atom stereocenters. The average Bonchev–Trinajstić information content (AvgIpc) is 2.79. The largest absolute Gasteiger partial charge is 0.351 e. The van der Waals surface area contributed by atoms with E-state index < -0.39 is 29.0 Å². The molecular formula is C21H20F4N6. The Bertz CT molecular complexity index is 1030. The molecule has 0 bridgehead atoms. The fourth-order valence-corrected chi connectivity index (χ4v) is 3.48. The standard InChI is InChI=1S/C21H20F4N6/c22-14-9-15(23)19(25)20(18(14)24)31-30-17-10-16(12-5-4-8-26-11-12)28-21(29-17)27-13-6-2-1-3-7-13/h4-5,8-11,13,31H,1-3,6-7H2,(H2,27,28,29,30). The van der Waals surface area contributed by atoms with Gasteiger partial charge in [0.05, 0.1) is 5.69 Å². The smallest absolute Gasteiger partial charge is 0.225 e. The van der Waals surface area contributed by atoms with E-state index in [1.165, 1.54) is 12.5 Å². The first-order valence-electron chi connectivity index (χ1n) is 9.92. The van der Waals surface area contributed by atoms with Crippen molar-refractivity contribution in [3.63, 3.8) is 0 Å². The topological polar surface area (TPSA) is 74.8 Å². The highest BCUT2D eigenvalue weighted by Crippen LogP contribution is 2.26. The third-order valence-electron chi connectivity index (χ3n) is 5.05. The van der Waals surface area contributed by atoms with Gasteiger partial charge in [-0.2, -0.15) is 4.98 Å². The van der Waals surface area contributed by atoms with Crippen LogP contribution in [0.4, 0.5) is 35.0 Å². The molecule has 0 spiro atoms. The van der Waals surface area contributed by atoms with Crippen LogP contribution in [0.25, 0.3) is 11.3 Å². The molecule has 31 heavy (non-hydrogen) atoms. The third kappa shape index (κ3) is 4.84. The molecule has 1 fully saturated rings. The van der Waals surface area contributed by atoms with Crippen LogP contribution in [-0.2, 0) is 0 Å². The van der Waals surface area contributed by atoms with E-state index in [0.717, 1.165) is 25.7 Å². The van der Waals surface area contributed by atoms with Crippen LogP contribution >= 0.6 is 0 Å². The molecule has 2 heterocycles. The Morgan fingerprint density at radius 1 is 0.871 bits per heavy atom. The number of hydrazine groups is 1. The van der Waals surface area contributed by atoms with E-state index in [1.807, 2.05) is 0 Å². The van der Waals surface area contributed by atoms with Crippen LogP contribution in [0, 0.1) is 23.3 Å². The van der Waals surface area contributed by atoms with E-state index in [2.05, 4.69) is 31.1 Å². The maximum Gasteiger partial charge on any atom is 0.225 e. The SMILES string of the molecule is Fc1cc(F)c(F)c(NNc2cc(-c3cccnc3)nc(NC3CCCCC3)n2)c1F. The Balaban J connectivity index is 1.62. The second-order valence-electron chi connectivity index (χ2n) is 7.28. The normalized spacial score (nSPS) is 14.3. The summed E-state index contributed by atoms with van der Waals surface area (Å²) in [4.78, 5) is 12.9. The van der Waals surface area contributed by atoms with Crippen molar-refractivity contribution in [2.45, 2.75) is 38.1 Å². The predicted octanol–water partition coefficient (Wildman–Crippen LogP) is 5.28. The Kier molecular flexibility index (Phi) is 6.15. The molecule has 6 nitrogen and oxygen atoms in total. The zero-order valence-electron chi connectivity index (χ0n) is 16.4. The van der Waals surface area contributed by atoms with Gasteiger partial charge in [-0.15, -0.1) is 0 Å². The van der Waals surface area contributed by atoms with Gasteiger partial charge in [0.2, 0.25) is 5.95 Å². The van der Waals surface area contributed by atoms with Crippen molar-refractivity contribution in [2.24, 2.45) is 0 Å². The third-order valence-corrected chi connectivity index (χ3v) is 5.05. The van der Waals surface area contributed by atoms with Crippen molar-refractivity contribution in [3.05, 3.63) is 59.9 Å². The molecule has 0 atom stereocenters. The highest BCUT2D eigenvalue weighted by molar-refractivity contribution is 5.64. The summed E-state index contributed by atoms with van der Waals surface area (Å²) in [5, 5.41) is 3.29. The minimum Gasteiger partial charge on any atom is -0.351 e.